The van der Waals surface area contributed by atoms with Crippen molar-refractivity contribution in [3.8, 4) is 11.5 Å². The minimum Gasteiger partial charge on any atom is -0.493 e. The molecule has 0 saturated heterocycles. The first-order chi connectivity index (χ1) is 9.69. The third-order valence-corrected chi connectivity index (χ3v) is 3.05. The number of ether oxygens (including phenoxy) is 2. The molecule has 2 N–H and O–H groups in total. The van der Waals surface area contributed by atoms with Gasteiger partial charge in [-0.2, -0.15) is 0 Å². The second-order valence-electron chi connectivity index (χ2n) is 4.48. The summed E-state index contributed by atoms with van der Waals surface area (Å²) in [6.45, 7) is 3.98. The summed E-state index contributed by atoms with van der Waals surface area (Å²) in [5, 5.41) is 0. The maximum atomic E-state index is 12.6. The molecule has 0 fully saturated rings. The lowest BCUT2D eigenvalue weighted by Crippen LogP contribution is -2.34. The molecule has 1 aromatic carbocycles. The van der Waals surface area contributed by atoms with Gasteiger partial charge in [0.25, 0.3) is 5.91 Å². The van der Waals surface area contributed by atoms with Crippen LogP contribution in [0.3, 0.4) is 0 Å². The van der Waals surface area contributed by atoms with Crippen LogP contribution in [0.1, 0.15) is 30.1 Å². The van der Waals surface area contributed by atoms with Crippen LogP contribution < -0.4 is 15.2 Å². The van der Waals surface area contributed by atoms with Gasteiger partial charge >= 0.3 is 0 Å². The fraction of sp³-hybridized carbons (Fsp3) is 0.533. The van der Waals surface area contributed by atoms with Crippen molar-refractivity contribution in [1.29, 1.82) is 0 Å². The summed E-state index contributed by atoms with van der Waals surface area (Å²) >= 11 is 0. The van der Waals surface area contributed by atoms with E-state index in [9.17, 15) is 4.79 Å². The first-order valence-corrected chi connectivity index (χ1v) is 6.89. The molecular formula is C15H24N2O3. The summed E-state index contributed by atoms with van der Waals surface area (Å²) in [6.07, 6.45) is 1.70. The van der Waals surface area contributed by atoms with Crippen molar-refractivity contribution >= 4 is 5.91 Å². The van der Waals surface area contributed by atoms with E-state index in [1.54, 1.807) is 32.4 Å². The van der Waals surface area contributed by atoms with E-state index in [1.165, 1.54) is 0 Å². The number of nitrogens with zero attached hydrogens (tertiary/aromatic N) is 1. The molecule has 1 rings (SSSR count). The first-order valence-electron chi connectivity index (χ1n) is 6.89. The predicted molar refractivity (Wildman–Crippen MR) is 79.4 cm³/mol. The number of amides is 1. The Bertz CT molecular complexity index is 435. The highest BCUT2D eigenvalue weighted by Crippen LogP contribution is 2.31. The Hall–Kier alpha value is -1.75. The fourth-order valence-corrected chi connectivity index (χ4v) is 2.09. The Morgan fingerprint density at radius 2 is 2.00 bits per heavy atom. The number of methoxy groups -OCH3 is 2. The SMILES string of the molecule is CCCN(CCCN)C(=O)c1cccc(OC)c1OC. The number of nitrogens with two attached hydrogens (primary N) is 1. The Balaban J connectivity index is 3.04. The predicted octanol–water partition coefficient (Wildman–Crippen LogP) is 1.90. The normalized spacial score (nSPS) is 10.2. The molecule has 0 atom stereocenters. The maximum Gasteiger partial charge on any atom is 0.257 e. The molecule has 0 radical (unpaired) electrons. The summed E-state index contributed by atoms with van der Waals surface area (Å²) < 4.78 is 10.6. The first kappa shape index (κ1) is 16.3. The lowest BCUT2D eigenvalue weighted by Gasteiger charge is -2.23. The average Bonchev–Trinajstić information content (AvgIpc) is 2.49. The molecule has 0 aliphatic carbocycles. The van der Waals surface area contributed by atoms with Gasteiger partial charge in [0.1, 0.15) is 0 Å². The van der Waals surface area contributed by atoms with Crippen LogP contribution in [0.15, 0.2) is 18.2 Å². The third kappa shape index (κ3) is 3.87. The van der Waals surface area contributed by atoms with Crippen LogP contribution in [0.4, 0.5) is 0 Å². The fourth-order valence-electron chi connectivity index (χ4n) is 2.09. The molecule has 112 valence electrons. The molecule has 1 amide bonds. The van der Waals surface area contributed by atoms with Crippen molar-refractivity contribution in [2.45, 2.75) is 19.8 Å². The number of hydrogen-bond acceptors (Lipinski definition) is 4. The molecule has 20 heavy (non-hydrogen) atoms. The van der Waals surface area contributed by atoms with Crippen LogP contribution in [0.2, 0.25) is 0 Å². The van der Waals surface area contributed by atoms with Gasteiger partial charge in [-0.3, -0.25) is 4.79 Å². The van der Waals surface area contributed by atoms with E-state index in [-0.39, 0.29) is 5.91 Å². The number of carbonyl (C=O) groups is 1. The van der Waals surface area contributed by atoms with Crippen molar-refractivity contribution in [1.82, 2.24) is 4.90 Å². The number of para-hydroxylation sites is 1. The molecule has 0 unspecified atom stereocenters. The van der Waals surface area contributed by atoms with Gasteiger partial charge in [-0.1, -0.05) is 13.0 Å². The molecule has 0 saturated carbocycles. The van der Waals surface area contributed by atoms with Gasteiger partial charge in [0.05, 0.1) is 19.8 Å². The molecule has 0 bridgehead atoms. The van der Waals surface area contributed by atoms with E-state index < -0.39 is 0 Å². The molecule has 0 aliphatic heterocycles. The van der Waals surface area contributed by atoms with E-state index in [1.807, 2.05) is 11.8 Å². The maximum absolute atomic E-state index is 12.6. The van der Waals surface area contributed by atoms with Crippen molar-refractivity contribution in [2.24, 2.45) is 5.73 Å². The van der Waals surface area contributed by atoms with Gasteiger partial charge in [-0.25, -0.2) is 0 Å². The average molecular weight is 280 g/mol. The molecule has 5 heteroatoms. The summed E-state index contributed by atoms with van der Waals surface area (Å²) in [5.41, 5.74) is 6.06. The van der Waals surface area contributed by atoms with Crippen LogP contribution in [0, 0.1) is 0 Å². The molecule has 1 aromatic rings. The summed E-state index contributed by atoms with van der Waals surface area (Å²) in [6, 6.07) is 5.33. The van der Waals surface area contributed by atoms with Crippen molar-refractivity contribution in [3.63, 3.8) is 0 Å². The lowest BCUT2D eigenvalue weighted by molar-refractivity contribution is 0.0750. The van der Waals surface area contributed by atoms with Crippen LogP contribution in [0.25, 0.3) is 0 Å². The number of carbonyl (C=O) groups excluding carboxylic acids is 1. The van der Waals surface area contributed by atoms with Gasteiger partial charge in [0.2, 0.25) is 0 Å². The largest absolute Gasteiger partial charge is 0.493 e. The highest BCUT2D eigenvalue weighted by molar-refractivity contribution is 5.97. The topological polar surface area (TPSA) is 64.8 Å². The zero-order valence-electron chi connectivity index (χ0n) is 12.5. The highest BCUT2D eigenvalue weighted by atomic mass is 16.5. The van der Waals surface area contributed by atoms with Crippen LogP contribution in [-0.4, -0.2) is 44.7 Å². The van der Waals surface area contributed by atoms with Gasteiger partial charge in [0, 0.05) is 13.1 Å². The summed E-state index contributed by atoms with van der Waals surface area (Å²) in [5.74, 6) is 0.999. The number of rotatable bonds is 8. The highest BCUT2D eigenvalue weighted by Gasteiger charge is 2.21. The second kappa shape index (κ2) is 8.43. The van der Waals surface area contributed by atoms with Gasteiger partial charge in [0.15, 0.2) is 11.5 Å². The van der Waals surface area contributed by atoms with Crippen LogP contribution in [0.5, 0.6) is 11.5 Å². The summed E-state index contributed by atoms with van der Waals surface area (Å²) in [7, 11) is 3.10. The van der Waals surface area contributed by atoms with Crippen LogP contribution >= 0.6 is 0 Å². The molecule has 5 nitrogen and oxygen atoms in total. The van der Waals surface area contributed by atoms with E-state index in [0.29, 0.717) is 36.7 Å². The molecule has 0 spiro atoms. The van der Waals surface area contributed by atoms with E-state index in [2.05, 4.69) is 0 Å². The zero-order valence-corrected chi connectivity index (χ0v) is 12.5. The Kier molecular flexibility index (Phi) is 6.87. The standard InChI is InChI=1S/C15H24N2O3/c1-4-10-17(11-6-9-16)15(18)12-7-5-8-13(19-2)14(12)20-3/h5,7-8H,4,6,9-11,16H2,1-3H3. The summed E-state index contributed by atoms with van der Waals surface area (Å²) in [4.78, 5) is 14.4. The molecular weight excluding hydrogens is 256 g/mol. The van der Waals surface area contributed by atoms with Crippen molar-refractivity contribution in [2.75, 3.05) is 33.9 Å². The quantitative estimate of drug-likeness (QED) is 0.790. The van der Waals surface area contributed by atoms with E-state index in [0.717, 1.165) is 12.8 Å². The van der Waals surface area contributed by atoms with Crippen molar-refractivity contribution in [3.05, 3.63) is 23.8 Å². The van der Waals surface area contributed by atoms with E-state index >= 15 is 0 Å². The molecule has 0 aliphatic rings. The number of benzene rings is 1. The van der Waals surface area contributed by atoms with Gasteiger partial charge < -0.3 is 20.1 Å². The minimum atomic E-state index is -0.0453. The second-order valence-corrected chi connectivity index (χ2v) is 4.48. The smallest absolute Gasteiger partial charge is 0.257 e. The zero-order chi connectivity index (χ0) is 15.0. The van der Waals surface area contributed by atoms with Crippen LogP contribution in [-0.2, 0) is 0 Å². The lowest BCUT2D eigenvalue weighted by atomic mass is 10.1. The minimum absolute atomic E-state index is 0.0453. The van der Waals surface area contributed by atoms with Gasteiger partial charge in [-0.05, 0) is 31.5 Å². The third-order valence-electron chi connectivity index (χ3n) is 3.05. The van der Waals surface area contributed by atoms with Gasteiger partial charge in [-0.15, -0.1) is 0 Å². The number of hydrogen-bond donors (Lipinski definition) is 1. The Morgan fingerprint density at radius 3 is 2.55 bits per heavy atom. The molecule has 0 aromatic heterocycles. The molecule has 0 heterocycles. The Labute approximate surface area is 120 Å². The monoisotopic (exact) mass is 280 g/mol. The Morgan fingerprint density at radius 1 is 1.25 bits per heavy atom. The van der Waals surface area contributed by atoms with E-state index in [4.69, 9.17) is 15.2 Å². The van der Waals surface area contributed by atoms with Crippen molar-refractivity contribution < 1.29 is 14.3 Å².